The van der Waals surface area contributed by atoms with Gasteiger partial charge in [-0.3, -0.25) is 14.9 Å². The molecule has 0 fully saturated rings. The molecule has 1 N–H and O–H groups in total. The van der Waals surface area contributed by atoms with Crippen LogP contribution in [-0.2, 0) is 0 Å². The van der Waals surface area contributed by atoms with Crippen molar-refractivity contribution in [3.8, 4) is 0 Å². The van der Waals surface area contributed by atoms with Gasteiger partial charge in [-0.15, -0.1) is 0 Å². The van der Waals surface area contributed by atoms with E-state index in [2.05, 4.69) is 0 Å². The Kier molecular flexibility index (Phi) is 4.49. The Morgan fingerprint density at radius 2 is 2.11 bits per heavy atom. The highest BCUT2D eigenvalue weighted by Gasteiger charge is 2.32. The molecule has 0 bridgehead atoms. The van der Waals surface area contributed by atoms with E-state index in [0.29, 0.717) is 0 Å². The maximum absolute atomic E-state index is 12.3. The molecule has 0 unspecified atom stereocenters. The third kappa shape index (κ3) is 3.02. The summed E-state index contributed by atoms with van der Waals surface area (Å²) >= 11 is 5.89. The molecule has 1 aromatic carbocycles. The van der Waals surface area contributed by atoms with Crippen LogP contribution in [0.1, 0.15) is 24.2 Å². The zero-order valence-electron chi connectivity index (χ0n) is 10.9. The van der Waals surface area contributed by atoms with Crippen molar-refractivity contribution in [1.82, 2.24) is 4.90 Å². The number of hydrogen-bond donors (Lipinski definition) is 1. The molecule has 0 aromatic heterocycles. The van der Waals surface area contributed by atoms with Crippen LogP contribution in [0.4, 0.5) is 5.69 Å². The van der Waals surface area contributed by atoms with Gasteiger partial charge in [-0.25, -0.2) is 0 Å². The summed E-state index contributed by atoms with van der Waals surface area (Å²) in [5.41, 5.74) is -1.36. The van der Waals surface area contributed by atoms with Gasteiger partial charge in [0.15, 0.2) is 0 Å². The highest BCUT2D eigenvalue weighted by atomic mass is 35.5. The Balaban J connectivity index is 3.31. The van der Waals surface area contributed by atoms with Gasteiger partial charge in [0, 0.05) is 13.1 Å². The second-order valence-electron chi connectivity index (χ2n) is 4.73. The van der Waals surface area contributed by atoms with E-state index < -0.39 is 16.4 Å². The first-order valence-corrected chi connectivity index (χ1v) is 5.92. The van der Waals surface area contributed by atoms with Gasteiger partial charge in [0.05, 0.1) is 22.1 Å². The van der Waals surface area contributed by atoms with Gasteiger partial charge in [-0.2, -0.15) is 0 Å². The lowest BCUT2D eigenvalue weighted by molar-refractivity contribution is -0.385. The number of aliphatic hydroxyl groups excluding tert-OH is 1. The van der Waals surface area contributed by atoms with Crippen molar-refractivity contribution in [1.29, 1.82) is 0 Å². The van der Waals surface area contributed by atoms with E-state index in [4.69, 9.17) is 11.6 Å². The number of carbonyl (C=O) groups excluding carboxylic acids is 1. The Bertz CT molecular complexity index is 516. The summed E-state index contributed by atoms with van der Waals surface area (Å²) in [6.45, 7) is 3.02. The third-order valence-corrected chi connectivity index (χ3v) is 3.32. The number of nitrogens with zero attached hydrogens (tertiary/aromatic N) is 2. The quantitative estimate of drug-likeness (QED) is 0.678. The normalized spacial score (nSPS) is 11.2. The number of hydrogen-bond acceptors (Lipinski definition) is 4. The van der Waals surface area contributed by atoms with Crippen molar-refractivity contribution in [3.63, 3.8) is 0 Å². The lowest BCUT2D eigenvalue weighted by atomic mass is 10.0. The summed E-state index contributed by atoms with van der Waals surface area (Å²) in [6.07, 6.45) is 0. The molecular weight excluding hydrogens is 272 g/mol. The first kappa shape index (κ1) is 15.4. The Labute approximate surface area is 115 Å². The minimum Gasteiger partial charge on any atom is -0.394 e. The average Bonchev–Trinajstić information content (AvgIpc) is 2.36. The number of carbonyl (C=O) groups is 1. The monoisotopic (exact) mass is 286 g/mol. The SMILES string of the molecule is CN(C(=O)c1c(Cl)cccc1[N+](=O)[O-])C(C)(C)CO. The van der Waals surface area contributed by atoms with Gasteiger partial charge < -0.3 is 10.0 Å². The number of likely N-dealkylation sites (N-methyl/N-ethyl adjacent to an activating group) is 1. The van der Waals surface area contributed by atoms with Crippen molar-refractivity contribution in [2.75, 3.05) is 13.7 Å². The van der Waals surface area contributed by atoms with E-state index in [9.17, 15) is 20.0 Å². The maximum Gasteiger partial charge on any atom is 0.283 e. The lowest BCUT2D eigenvalue weighted by Gasteiger charge is -2.34. The number of rotatable bonds is 4. The van der Waals surface area contributed by atoms with Crippen molar-refractivity contribution in [2.45, 2.75) is 19.4 Å². The Hall–Kier alpha value is -1.66. The number of amides is 1. The number of aliphatic hydroxyl groups is 1. The van der Waals surface area contributed by atoms with Crippen LogP contribution in [0.25, 0.3) is 0 Å². The molecule has 0 aliphatic heterocycles. The molecule has 0 aliphatic rings. The largest absolute Gasteiger partial charge is 0.394 e. The summed E-state index contributed by atoms with van der Waals surface area (Å²) in [4.78, 5) is 23.9. The van der Waals surface area contributed by atoms with Crippen LogP contribution < -0.4 is 0 Å². The summed E-state index contributed by atoms with van der Waals surface area (Å²) in [6, 6.07) is 4.05. The van der Waals surface area contributed by atoms with Crippen LogP contribution in [0.3, 0.4) is 0 Å². The van der Waals surface area contributed by atoms with E-state index >= 15 is 0 Å². The van der Waals surface area contributed by atoms with Gasteiger partial charge in [-0.1, -0.05) is 17.7 Å². The Morgan fingerprint density at radius 1 is 1.53 bits per heavy atom. The first-order chi connectivity index (χ1) is 8.72. The van der Waals surface area contributed by atoms with Crippen LogP contribution in [0.15, 0.2) is 18.2 Å². The topological polar surface area (TPSA) is 83.7 Å². The molecule has 0 aliphatic carbocycles. The summed E-state index contributed by atoms with van der Waals surface area (Å²) in [5, 5.41) is 20.2. The number of halogens is 1. The molecule has 1 aromatic rings. The summed E-state index contributed by atoms with van der Waals surface area (Å²) in [5.74, 6) is -0.601. The van der Waals surface area contributed by atoms with Gasteiger partial charge in [0.2, 0.25) is 0 Å². The van der Waals surface area contributed by atoms with Gasteiger partial charge >= 0.3 is 0 Å². The van der Waals surface area contributed by atoms with Crippen LogP contribution in [0.2, 0.25) is 5.02 Å². The van der Waals surface area contributed by atoms with Crippen molar-refractivity contribution < 1.29 is 14.8 Å². The minimum atomic E-state index is -0.843. The van der Waals surface area contributed by atoms with Crippen molar-refractivity contribution in [2.24, 2.45) is 0 Å². The second-order valence-corrected chi connectivity index (χ2v) is 5.13. The molecule has 7 heteroatoms. The number of nitro groups is 1. The fourth-order valence-electron chi connectivity index (χ4n) is 1.43. The molecular formula is C12H15ClN2O4. The number of benzene rings is 1. The molecule has 0 heterocycles. The second kappa shape index (κ2) is 5.54. The Morgan fingerprint density at radius 3 is 2.58 bits per heavy atom. The molecule has 19 heavy (non-hydrogen) atoms. The van der Waals surface area contributed by atoms with E-state index in [-0.39, 0.29) is 22.9 Å². The first-order valence-electron chi connectivity index (χ1n) is 5.54. The van der Waals surface area contributed by atoms with Crippen LogP contribution >= 0.6 is 11.6 Å². The molecule has 0 saturated carbocycles. The van der Waals surface area contributed by atoms with E-state index in [1.54, 1.807) is 13.8 Å². The molecule has 0 radical (unpaired) electrons. The molecule has 0 saturated heterocycles. The van der Waals surface area contributed by atoms with Crippen molar-refractivity contribution in [3.05, 3.63) is 38.9 Å². The minimum absolute atomic E-state index is 0.0137. The third-order valence-electron chi connectivity index (χ3n) is 3.00. The van der Waals surface area contributed by atoms with Gasteiger partial charge in [0.25, 0.3) is 11.6 Å². The smallest absolute Gasteiger partial charge is 0.283 e. The predicted octanol–water partition coefficient (Wildman–Crippen LogP) is 2.09. The zero-order valence-corrected chi connectivity index (χ0v) is 11.6. The molecule has 0 spiro atoms. The number of nitro benzene ring substituents is 1. The molecule has 0 atom stereocenters. The fraction of sp³-hybridized carbons (Fsp3) is 0.417. The average molecular weight is 287 g/mol. The molecule has 1 rings (SSSR count). The van der Waals surface area contributed by atoms with Crippen LogP contribution in [0, 0.1) is 10.1 Å². The summed E-state index contributed by atoms with van der Waals surface area (Å²) in [7, 11) is 1.46. The predicted molar refractivity (Wildman–Crippen MR) is 71.4 cm³/mol. The summed E-state index contributed by atoms with van der Waals surface area (Å²) < 4.78 is 0. The van der Waals surface area contributed by atoms with Crippen LogP contribution in [0.5, 0.6) is 0 Å². The van der Waals surface area contributed by atoms with E-state index in [0.717, 1.165) is 0 Å². The van der Waals surface area contributed by atoms with Gasteiger partial charge in [0.1, 0.15) is 5.56 Å². The fourth-order valence-corrected chi connectivity index (χ4v) is 1.68. The lowest BCUT2D eigenvalue weighted by Crippen LogP contribution is -2.47. The molecule has 1 amide bonds. The van der Waals surface area contributed by atoms with E-state index in [1.807, 2.05) is 0 Å². The highest BCUT2D eigenvalue weighted by molar-refractivity contribution is 6.34. The van der Waals surface area contributed by atoms with Crippen molar-refractivity contribution >= 4 is 23.2 Å². The molecule has 6 nitrogen and oxygen atoms in total. The maximum atomic E-state index is 12.3. The van der Waals surface area contributed by atoms with E-state index in [1.165, 1.54) is 30.1 Å². The zero-order chi connectivity index (χ0) is 14.8. The standard InChI is InChI=1S/C12H15ClN2O4/c1-12(2,7-16)14(3)11(17)10-8(13)5-4-6-9(10)15(18)19/h4-6,16H,7H2,1-3H3. The molecule has 104 valence electrons. The highest BCUT2D eigenvalue weighted by Crippen LogP contribution is 2.29. The van der Waals surface area contributed by atoms with Gasteiger partial charge in [-0.05, 0) is 19.9 Å². The van der Waals surface area contributed by atoms with Crippen LogP contribution in [-0.4, -0.2) is 40.0 Å².